The highest BCUT2D eigenvalue weighted by Crippen LogP contribution is 1.85. The van der Waals surface area contributed by atoms with Gasteiger partial charge >= 0.3 is 0 Å². The molecule has 68 valence electrons. The van der Waals surface area contributed by atoms with Crippen LogP contribution in [0.5, 0.6) is 0 Å². The quantitative estimate of drug-likeness (QED) is 0.515. The van der Waals surface area contributed by atoms with E-state index in [1.165, 1.54) is 0 Å². The van der Waals surface area contributed by atoms with Gasteiger partial charge in [0, 0.05) is 0 Å². The molecule has 1 heterocycles. The Balaban J connectivity index is 0.000000187. The Bertz CT molecular complexity index is 150. The largest absolute Gasteiger partial charge is 0.377 e. The van der Waals surface area contributed by atoms with E-state index in [9.17, 15) is 8.42 Å². The molecule has 1 aliphatic rings. The Morgan fingerprint density at radius 2 is 1.27 bits per heavy atom. The van der Waals surface area contributed by atoms with Crippen LogP contribution in [0.2, 0.25) is 0 Å². The first-order valence-corrected chi connectivity index (χ1v) is 4.93. The number of hydrogen-bond donors (Lipinski definition) is 1. The van der Waals surface area contributed by atoms with E-state index in [0.29, 0.717) is 6.26 Å². The van der Waals surface area contributed by atoms with Gasteiger partial charge in [0.2, 0.25) is 0 Å². The molecule has 0 unspecified atom stereocenters. The molecule has 0 aromatic rings. The zero-order valence-corrected chi connectivity index (χ0v) is 7.13. The molecule has 0 spiro atoms. The lowest BCUT2D eigenvalue weighted by Gasteiger charge is -2.09. The maximum Gasteiger partial charge on any atom is 0.261 e. The van der Waals surface area contributed by atoms with Crippen LogP contribution in [0.25, 0.3) is 0 Å². The summed E-state index contributed by atoms with van der Waals surface area (Å²) in [5.41, 5.74) is 0. The van der Waals surface area contributed by atoms with Crippen LogP contribution in [0.1, 0.15) is 0 Å². The minimum Gasteiger partial charge on any atom is -0.377 e. The zero-order valence-electron chi connectivity index (χ0n) is 6.32. The third-order valence-corrected chi connectivity index (χ3v) is 0.744. The standard InChI is InChI=1S/C4H8O2.CH4O3S/c1-2-6-4-3-5-1;1-5(2,3)4/h1-4H2;1H3,(H,2,3,4). The topological polar surface area (TPSA) is 72.8 Å². The van der Waals surface area contributed by atoms with Gasteiger partial charge in [-0.15, -0.1) is 0 Å². The van der Waals surface area contributed by atoms with Crippen molar-refractivity contribution in [2.24, 2.45) is 0 Å². The molecule has 0 aromatic heterocycles. The molecule has 0 saturated carbocycles. The van der Waals surface area contributed by atoms with E-state index in [0.717, 1.165) is 26.4 Å². The van der Waals surface area contributed by atoms with Crippen LogP contribution in [0.15, 0.2) is 0 Å². The summed E-state index contributed by atoms with van der Waals surface area (Å²) in [6.45, 7) is 3.11. The van der Waals surface area contributed by atoms with E-state index < -0.39 is 10.1 Å². The third-order valence-electron chi connectivity index (χ3n) is 0.744. The fourth-order valence-corrected chi connectivity index (χ4v) is 0.440. The normalized spacial score (nSPS) is 18.4. The molecule has 1 fully saturated rings. The van der Waals surface area contributed by atoms with Gasteiger partial charge in [-0.05, 0) is 0 Å². The van der Waals surface area contributed by atoms with Crippen molar-refractivity contribution >= 4 is 10.1 Å². The van der Waals surface area contributed by atoms with Gasteiger partial charge in [0.25, 0.3) is 10.1 Å². The summed E-state index contributed by atoms with van der Waals surface area (Å²) in [6.07, 6.45) is 0.715. The molecule has 0 aromatic carbocycles. The summed E-state index contributed by atoms with van der Waals surface area (Å²) < 4.78 is 35.8. The van der Waals surface area contributed by atoms with Crippen LogP contribution in [0, 0.1) is 0 Å². The Hall–Kier alpha value is -0.170. The van der Waals surface area contributed by atoms with Crippen molar-refractivity contribution in [1.82, 2.24) is 0 Å². The van der Waals surface area contributed by atoms with Crippen molar-refractivity contribution in [3.05, 3.63) is 0 Å². The lowest BCUT2D eigenvalue weighted by molar-refractivity contribution is -0.0334. The molecule has 1 rings (SSSR count). The second kappa shape index (κ2) is 5.48. The van der Waals surface area contributed by atoms with Gasteiger partial charge < -0.3 is 9.47 Å². The highest BCUT2D eigenvalue weighted by atomic mass is 32.2. The van der Waals surface area contributed by atoms with Crippen molar-refractivity contribution in [1.29, 1.82) is 0 Å². The average Bonchev–Trinajstić information content (AvgIpc) is 1.88. The van der Waals surface area contributed by atoms with E-state index in [4.69, 9.17) is 14.0 Å². The van der Waals surface area contributed by atoms with E-state index in [-0.39, 0.29) is 0 Å². The molecule has 0 radical (unpaired) electrons. The Morgan fingerprint density at radius 3 is 1.36 bits per heavy atom. The molecule has 1 aliphatic heterocycles. The summed E-state index contributed by atoms with van der Waals surface area (Å²) in [6, 6.07) is 0. The van der Waals surface area contributed by atoms with Gasteiger partial charge in [-0.2, -0.15) is 8.42 Å². The van der Waals surface area contributed by atoms with E-state index in [2.05, 4.69) is 0 Å². The molecule has 0 amide bonds. The molecule has 11 heavy (non-hydrogen) atoms. The van der Waals surface area contributed by atoms with Gasteiger partial charge in [0.1, 0.15) is 0 Å². The van der Waals surface area contributed by atoms with Gasteiger partial charge in [0.05, 0.1) is 32.7 Å². The minimum atomic E-state index is -3.67. The predicted molar refractivity (Wildman–Crippen MR) is 39.1 cm³/mol. The summed E-state index contributed by atoms with van der Waals surface area (Å²) in [5.74, 6) is 0. The first-order valence-electron chi connectivity index (χ1n) is 3.08. The fourth-order valence-electron chi connectivity index (χ4n) is 0.440. The summed E-state index contributed by atoms with van der Waals surface area (Å²) in [7, 11) is -3.67. The number of rotatable bonds is 0. The van der Waals surface area contributed by atoms with Gasteiger partial charge in [-0.1, -0.05) is 0 Å². The highest BCUT2D eigenvalue weighted by Gasteiger charge is 1.94. The lowest BCUT2D eigenvalue weighted by Crippen LogP contribution is -2.16. The zero-order chi connectivity index (χ0) is 8.74. The maximum atomic E-state index is 9.19. The maximum absolute atomic E-state index is 9.19. The Labute approximate surface area is 66.1 Å². The summed E-state index contributed by atoms with van der Waals surface area (Å²) >= 11 is 0. The highest BCUT2D eigenvalue weighted by molar-refractivity contribution is 7.85. The second-order valence-corrected chi connectivity index (χ2v) is 3.42. The molecular formula is C5H12O5S. The number of ether oxygens (including phenoxy) is 2. The first kappa shape index (κ1) is 10.8. The van der Waals surface area contributed by atoms with E-state index in [1.54, 1.807) is 0 Å². The van der Waals surface area contributed by atoms with Crippen LogP contribution in [0.3, 0.4) is 0 Å². The van der Waals surface area contributed by atoms with Crippen molar-refractivity contribution in [3.63, 3.8) is 0 Å². The lowest BCUT2D eigenvalue weighted by atomic mass is 10.6. The molecule has 1 N–H and O–H groups in total. The van der Waals surface area contributed by atoms with Crippen LogP contribution >= 0.6 is 0 Å². The fraction of sp³-hybridized carbons (Fsp3) is 1.00. The molecule has 0 aliphatic carbocycles. The molecule has 5 nitrogen and oxygen atoms in total. The smallest absolute Gasteiger partial charge is 0.261 e. The van der Waals surface area contributed by atoms with Crippen LogP contribution < -0.4 is 0 Å². The van der Waals surface area contributed by atoms with Gasteiger partial charge in [0.15, 0.2) is 0 Å². The first-order chi connectivity index (χ1) is 5.00. The molecular weight excluding hydrogens is 172 g/mol. The van der Waals surface area contributed by atoms with Gasteiger partial charge in [-0.25, -0.2) is 0 Å². The van der Waals surface area contributed by atoms with Crippen LogP contribution in [-0.2, 0) is 19.6 Å². The minimum absolute atomic E-state index is 0.715. The summed E-state index contributed by atoms with van der Waals surface area (Å²) in [5, 5.41) is 0. The number of hydrogen-bond acceptors (Lipinski definition) is 4. The average molecular weight is 184 g/mol. The van der Waals surface area contributed by atoms with Crippen molar-refractivity contribution in [3.8, 4) is 0 Å². The third kappa shape index (κ3) is 17.7. The van der Waals surface area contributed by atoms with E-state index >= 15 is 0 Å². The molecule has 0 bridgehead atoms. The monoisotopic (exact) mass is 184 g/mol. The molecule has 1 saturated heterocycles. The molecule has 6 heteroatoms. The Kier molecular flexibility index (Phi) is 5.39. The van der Waals surface area contributed by atoms with Gasteiger partial charge in [-0.3, -0.25) is 4.55 Å². The van der Waals surface area contributed by atoms with Crippen molar-refractivity contribution in [2.45, 2.75) is 0 Å². The second-order valence-electron chi connectivity index (χ2n) is 1.96. The summed E-state index contributed by atoms with van der Waals surface area (Å²) in [4.78, 5) is 0. The molecule has 0 atom stereocenters. The van der Waals surface area contributed by atoms with Crippen molar-refractivity contribution in [2.75, 3.05) is 32.7 Å². The Morgan fingerprint density at radius 1 is 1.09 bits per heavy atom. The van der Waals surface area contributed by atoms with Crippen LogP contribution in [0.4, 0.5) is 0 Å². The van der Waals surface area contributed by atoms with Crippen molar-refractivity contribution < 1.29 is 22.4 Å². The predicted octanol–water partition coefficient (Wildman–Crippen LogP) is -0.463. The van der Waals surface area contributed by atoms with E-state index in [1.807, 2.05) is 0 Å². The van der Waals surface area contributed by atoms with Crippen LogP contribution in [-0.4, -0.2) is 45.7 Å². The SMILES string of the molecule is C1COCCO1.CS(=O)(=O)O.